The van der Waals surface area contributed by atoms with Gasteiger partial charge in [0.1, 0.15) is 0 Å². The molecule has 2 saturated heterocycles. The summed E-state index contributed by atoms with van der Waals surface area (Å²) in [5.41, 5.74) is 1.77. The Labute approximate surface area is 133 Å². The minimum atomic E-state index is -0.294. The normalized spacial score (nSPS) is 27.1. The molecule has 120 valence electrons. The van der Waals surface area contributed by atoms with E-state index in [4.69, 9.17) is 14.0 Å². The average Bonchev–Trinajstić information content (AvgIpc) is 2.69. The fourth-order valence-corrected chi connectivity index (χ4v) is 2.80. The maximum atomic E-state index is 6.08. The molecule has 1 unspecified atom stereocenters. The maximum Gasteiger partial charge on any atom is 0.494 e. The van der Waals surface area contributed by atoms with E-state index in [0.29, 0.717) is 0 Å². The Morgan fingerprint density at radius 1 is 1.09 bits per heavy atom. The summed E-state index contributed by atoms with van der Waals surface area (Å²) >= 11 is 0. The van der Waals surface area contributed by atoms with E-state index in [9.17, 15) is 0 Å². The summed E-state index contributed by atoms with van der Waals surface area (Å²) in [6, 6.07) is 8.51. The highest BCUT2D eigenvalue weighted by molar-refractivity contribution is 6.62. The van der Waals surface area contributed by atoms with Crippen molar-refractivity contribution in [2.45, 2.75) is 51.4 Å². The predicted octanol–water partition coefficient (Wildman–Crippen LogP) is 1.52. The minimum Gasteiger partial charge on any atom is -0.399 e. The molecular weight excluding hydrogens is 277 g/mol. The molecule has 2 heterocycles. The quantitative estimate of drug-likeness (QED) is 0.860. The monoisotopic (exact) mass is 303 g/mol. The molecule has 2 fully saturated rings. The van der Waals surface area contributed by atoms with Gasteiger partial charge in [0.25, 0.3) is 0 Å². The molecule has 2 aliphatic heterocycles. The van der Waals surface area contributed by atoms with Crippen molar-refractivity contribution in [2.75, 3.05) is 19.7 Å². The first-order valence-corrected chi connectivity index (χ1v) is 8.14. The third-order valence-corrected chi connectivity index (χ3v) is 4.97. The van der Waals surface area contributed by atoms with Gasteiger partial charge in [0.15, 0.2) is 0 Å². The zero-order chi connectivity index (χ0) is 15.8. The summed E-state index contributed by atoms with van der Waals surface area (Å²) in [5.74, 6) is 0. The van der Waals surface area contributed by atoms with Gasteiger partial charge in [-0.3, -0.25) is 0 Å². The molecule has 0 radical (unpaired) electrons. The highest BCUT2D eigenvalue weighted by atomic mass is 16.7. The number of benzene rings is 1. The van der Waals surface area contributed by atoms with E-state index in [1.165, 1.54) is 5.56 Å². The van der Waals surface area contributed by atoms with E-state index >= 15 is 0 Å². The van der Waals surface area contributed by atoms with Gasteiger partial charge in [0.2, 0.25) is 0 Å². The van der Waals surface area contributed by atoms with Crippen LogP contribution in [0.25, 0.3) is 0 Å². The van der Waals surface area contributed by atoms with Gasteiger partial charge in [-0.25, -0.2) is 0 Å². The second-order valence-corrected chi connectivity index (χ2v) is 7.23. The molecule has 2 aliphatic rings. The molecule has 0 aromatic heterocycles. The second-order valence-electron chi connectivity index (χ2n) is 7.23. The van der Waals surface area contributed by atoms with Gasteiger partial charge < -0.3 is 19.4 Å². The third kappa shape index (κ3) is 3.23. The van der Waals surface area contributed by atoms with Crippen molar-refractivity contribution in [1.29, 1.82) is 0 Å². The standard InChI is InChI=1S/C17H26BNO3/c1-16(2)17(3,4)22-18(21-16)14-7-5-13(6-8-14)11-15-12-19-9-10-20-15/h5-8,15,19H,9-12H2,1-4H3. The minimum absolute atomic E-state index is 0.274. The third-order valence-electron chi connectivity index (χ3n) is 4.97. The van der Waals surface area contributed by atoms with Crippen LogP contribution in [0.2, 0.25) is 0 Å². The van der Waals surface area contributed by atoms with E-state index in [1.807, 2.05) is 0 Å². The Hall–Kier alpha value is -0.875. The van der Waals surface area contributed by atoms with Gasteiger partial charge in [-0.15, -0.1) is 0 Å². The number of hydrogen-bond donors (Lipinski definition) is 1. The molecule has 0 bridgehead atoms. The Morgan fingerprint density at radius 3 is 2.27 bits per heavy atom. The van der Waals surface area contributed by atoms with Crippen LogP contribution in [-0.2, 0) is 20.5 Å². The van der Waals surface area contributed by atoms with Crippen LogP contribution in [0.15, 0.2) is 24.3 Å². The topological polar surface area (TPSA) is 39.7 Å². The van der Waals surface area contributed by atoms with Crippen LogP contribution in [-0.4, -0.2) is 44.1 Å². The number of morpholine rings is 1. The summed E-state index contributed by atoms with van der Waals surface area (Å²) in [6.07, 6.45) is 1.22. The van der Waals surface area contributed by atoms with E-state index in [-0.39, 0.29) is 24.4 Å². The molecule has 0 saturated carbocycles. The van der Waals surface area contributed by atoms with Gasteiger partial charge in [-0.2, -0.15) is 0 Å². The number of ether oxygens (including phenoxy) is 1. The van der Waals surface area contributed by atoms with E-state index < -0.39 is 0 Å². The molecule has 0 amide bonds. The van der Waals surface area contributed by atoms with Crippen molar-refractivity contribution < 1.29 is 14.0 Å². The highest BCUT2D eigenvalue weighted by Gasteiger charge is 2.51. The zero-order valence-corrected chi connectivity index (χ0v) is 14.0. The summed E-state index contributed by atoms with van der Waals surface area (Å²) in [4.78, 5) is 0. The Kier molecular flexibility index (Phi) is 4.34. The molecule has 0 aliphatic carbocycles. The second kappa shape index (κ2) is 5.97. The maximum absolute atomic E-state index is 6.08. The van der Waals surface area contributed by atoms with Gasteiger partial charge in [-0.1, -0.05) is 24.3 Å². The smallest absolute Gasteiger partial charge is 0.399 e. The van der Waals surface area contributed by atoms with Crippen LogP contribution in [0, 0.1) is 0 Å². The van der Waals surface area contributed by atoms with E-state index in [0.717, 1.165) is 31.6 Å². The lowest BCUT2D eigenvalue weighted by Gasteiger charge is -2.32. The zero-order valence-electron chi connectivity index (χ0n) is 14.0. The van der Waals surface area contributed by atoms with Gasteiger partial charge in [0, 0.05) is 13.1 Å². The van der Waals surface area contributed by atoms with Crippen LogP contribution < -0.4 is 10.8 Å². The van der Waals surface area contributed by atoms with Crippen LogP contribution in [0.4, 0.5) is 0 Å². The molecule has 1 aromatic carbocycles. The molecule has 4 nitrogen and oxygen atoms in total. The van der Waals surface area contributed by atoms with Crippen molar-refractivity contribution in [3.63, 3.8) is 0 Å². The first-order valence-electron chi connectivity index (χ1n) is 8.14. The number of rotatable bonds is 3. The summed E-state index contributed by atoms with van der Waals surface area (Å²) in [5, 5.41) is 3.36. The van der Waals surface area contributed by atoms with Crippen LogP contribution in [0.5, 0.6) is 0 Å². The fourth-order valence-electron chi connectivity index (χ4n) is 2.80. The van der Waals surface area contributed by atoms with Crippen LogP contribution >= 0.6 is 0 Å². The molecule has 3 rings (SSSR count). The lowest BCUT2D eigenvalue weighted by Crippen LogP contribution is -2.41. The van der Waals surface area contributed by atoms with Crippen molar-refractivity contribution in [3.8, 4) is 0 Å². The lowest BCUT2D eigenvalue weighted by atomic mass is 9.78. The molecule has 1 atom stereocenters. The highest BCUT2D eigenvalue weighted by Crippen LogP contribution is 2.36. The largest absolute Gasteiger partial charge is 0.494 e. The van der Waals surface area contributed by atoms with Gasteiger partial charge in [0.05, 0.1) is 23.9 Å². The molecular formula is C17H26BNO3. The van der Waals surface area contributed by atoms with Crippen molar-refractivity contribution in [2.24, 2.45) is 0 Å². The molecule has 22 heavy (non-hydrogen) atoms. The Morgan fingerprint density at radius 2 is 1.73 bits per heavy atom. The summed E-state index contributed by atoms with van der Waals surface area (Å²) in [7, 11) is -0.286. The summed E-state index contributed by atoms with van der Waals surface area (Å²) < 4.78 is 17.9. The number of nitrogens with one attached hydrogen (secondary N) is 1. The van der Waals surface area contributed by atoms with E-state index in [2.05, 4.69) is 57.3 Å². The first-order chi connectivity index (χ1) is 10.4. The fraction of sp³-hybridized carbons (Fsp3) is 0.647. The van der Waals surface area contributed by atoms with Gasteiger partial charge >= 0.3 is 7.12 Å². The van der Waals surface area contributed by atoms with Crippen molar-refractivity contribution in [3.05, 3.63) is 29.8 Å². The van der Waals surface area contributed by atoms with E-state index in [1.54, 1.807) is 0 Å². The molecule has 1 aromatic rings. The molecule has 0 spiro atoms. The molecule has 5 heteroatoms. The van der Waals surface area contributed by atoms with Crippen LogP contribution in [0.1, 0.15) is 33.3 Å². The Bertz CT molecular complexity index is 493. The van der Waals surface area contributed by atoms with Crippen molar-refractivity contribution in [1.82, 2.24) is 5.32 Å². The van der Waals surface area contributed by atoms with Crippen molar-refractivity contribution >= 4 is 12.6 Å². The number of hydrogen-bond acceptors (Lipinski definition) is 4. The predicted molar refractivity (Wildman–Crippen MR) is 88.5 cm³/mol. The van der Waals surface area contributed by atoms with Crippen LogP contribution in [0.3, 0.4) is 0 Å². The first kappa shape index (κ1) is 16.0. The SMILES string of the molecule is CC1(C)OB(c2ccc(CC3CNCCO3)cc2)OC1(C)C. The molecule has 1 N–H and O–H groups in total. The Balaban J connectivity index is 1.65. The van der Waals surface area contributed by atoms with Gasteiger partial charge in [-0.05, 0) is 45.1 Å². The average molecular weight is 303 g/mol. The summed E-state index contributed by atoms with van der Waals surface area (Å²) in [6.45, 7) is 11.0. The lowest BCUT2D eigenvalue weighted by molar-refractivity contribution is 0.00578.